The Kier molecular flexibility index (Phi) is 5.93. The first kappa shape index (κ1) is 26.9. The summed E-state index contributed by atoms with van der Waals surface area (Å²) < 4.78 is 20.0. The van der Waals surface area contributed by atoms with E-state index in [9.17, 15) is 28.7 Å². The van der Waals surface area contributed by atoms with Crippen LogP contribution >= 0.6 is 11.6 Å². The van der Waals surface area contributed by atoms with Crippen LogP contribution in [0.1, 0.15) is 32.3 Å². The van der Waals surface area contributed by atoms with Gasteiger partial charge in [-0.15, -0.1) is 0 Å². The summed E-state index contributed by atoms with van der Waals surface area (Å²) in [6, 6.07) is 8.56. The lowest BCUT2D eigenvalue weighted by Crippen LogP contribution is -2.51. The molecule has 2 saturated heterocycles. The number of imide groups is 2. The Hall–Kier alpha value is -3.98. The van der Waals surface area contributed by atoms with Gasteiger partial charge in [-0.2, -0.15) is 0 Å². The Morgan fingerprint density at radius 3 is 2.60 bits per heavy atom. The number of hydrogen-bond donors (Lipinski definition) is 1. The van der Waals surface area contributed by atoms with Crippen LogP contribution < -0.4 is 9.64 Å². The van der Waals surface area contributed by atoms with Crippen LogP contribution in [0.4, 0.5) is 10.1 Å². The van der Waals surface area contributed by atoms with Crippen LogP contribution in [0.15, 0.2) is 59.9 Å². The van der Waals surface area contributed by atoms with Crippen LogP contribution in [0, 0.1) is 40.8 Å². The maximum atomic E-state index is 14.4. The SMILES string of the molecule is CCN1C(=O)C2CC=C3C(CC4C(=O)N(c5ccc(F)c(Cl)c5)C(=O)C4(C)C3C3=COc4ccc(O)cc4C3)C2C1=O. The lowest BCUT2D eigenvalue weighted by atomic mass is 9.51. The van der Waals surface area contributed by atoms with Gasteiger partial charge < -0.3 is 9.84 Å². The van der Waals surface area contributed by atoms with Crippen LogP contribution in [0.25, 0.3) is 0 Å². The van der Waals surface area contributed by atoms with Gasteiger partial charge in [-0.1, -0.05) is 23.3 Å². The Morgan fingerprint density at radius 2 is 1.86 bits per heavy atom. The molecule has 2 aliphatic carbocycles. The first-order valence-electron chi connectivity index (χ1n) is 14.1. The van der Waals surface area contributed by atoms with Crippen molar-refractivity contribution in [1.29, 1.82) is 0 Å². The number of allylic oxidation sites excluding steroid dienone is 3. The number of phenolic OH excluding ortho intramolecular Hbond substituents is 1. The molecular weight excluding hydrogens is 563 g/mol. The molecule has 6 atom stereocenters. The minimum atomic E-state index is -1.26. The second-order valence-electron chi connectivity index (χ2n) is 12.0. The summed E-state index contributed by atoms with van der Waals surface area (Å²) in [5.41, 5.74) is 1.24. The smallest absolute Gasteiger partial charge is 0.241 e. The molecule has 10 heteroatoms. The Bertz CT molecular complexity index is 1670. The fourth-order valence-electron chi connectivity index (χ4n) is 8.09. The van der Waals surface area contributed by atoms with Gasteiger partial charge >= 0.3 is 0 Å². The van der Waals surface area contributed by atoms with E-state index in [2.05, 4.69) is 0 Å². The zero-order valence-electron chi connectivity index (χ0n) is 23.0. The normalized spacial score (nSPS) is 31.7. The number of halogens is 2. The molecule has 0 bridgehead atoms. The lowest BCUT2D eigenvalue weighted by Gasteiger charge is -2.49. The van der Waals surface area contributed by atoms with Crippen LogP contribution in [-0.4, -0.2) is 40.2 Å². The van der Waals surface area contributed by atoms with Crippen molar-refractivity contribution in [3.05, 3.63) is 76.3 Å². The number of carbonyl (C=O) groups is 4. The minimum absolute atomic E-state index is 0.0742. The Balaban J connectivity index is 1.38. The molecule has 2 aromatic rings. The van der Waals surface area contributed by atoms with E-state index in [-0.39, 0.29) is 41.2 Å². The summed E-state index contributed by atoms with van der Waals surface area (Å²) in [5.74, 6) is -4.35. The van der Waals surface area contributed by atoms with E-state index < -0.39 is 52.6 Å². The molecule has 7 rings (SSSR count). The predicted octanol–water partition coefficient (Wildman–Crippen LogP) is 4.79. The number of fused-ring (bicyclic) bond motifs is 5. The summed E-state index contributed by atoms with van der Waals surface area (Å²) in [6.07, 6.45) is 4.53. The molecule has 3 aliphatic heterocycles. The minimum Gasteiger partial charge on any atom is -0.508 e. The van der Waals surface area contributed by atoms with Gasteiger partial charge in [0.15, 0.2) is 0 Å². The molecule has 2 aromatic carbocycles. The van der Waals surface area contributed by atoms with Gasteiger partial charge in [-0.25, -0.2) is 9.29 Å². The van der Waals surface area contributed by atoms with Gasteiger partial charge in [-0.3, -0.25) is 24.1 Å². The molecule has 1 N–H and O–H groups in total. The molecule has 0 radical (unpaired) electrons. The molecule has 1 saturated carbocycles. The summed E-state index contributed by atoms with van der Waals surface area (Å²) in [4.78, 5) is 57.7. The van der Waals surface area contributed by atoms with E-state index in [1.165, 1.54) is 23.1 Å². The fraction of sp³-hybridized carbons (Fsp3) is 0.375. The summed E-state index contributed by atoms with van der Waals surface area (Å²) in [6.45, 7) is 3.81. The standard InChI is InChI=1S/C32H28ClFN2O6/c1-3-35-28(38)20-7-6-19-21(26(20)30(35)40)13-22-29(39)36(17-4-8-24(34)23(33)12-17)31(41)32(22,2)27(19)16-10-15-11-18(37)5-9-25(15)42-14-16/h4-6,8-9,11-12,14,20-22,26-27,37H,3,7,10,13H2,1-2H3. The predicted molar refractivity (Wildman–Crippen MR) is 150 cm³/mol. The molecule has 0 aromatic heterocycles. The van der Waals surface area contributed by atoms with Crippen LogP contribution in [0.3, 0.4) is 0 Å². The third-order valence-corrected chi connectivity index (χ3v) is 10.3. The topological polar surface area (TPSA) is 104 Å². The molecule has 0 spiro atoms. The molecule has 216 valence electrons. The van der Waals surface area contributed by atoms with E-state index >= 15 is 0 Å². The maximum absolute atomic E-state index is 14.4. The zero-order valence-corrected chi connectivity index (χ0v) is 23.7. The first-order chi connectivity index (χ1) is 20.1. The zero-order chi connectivity index (χ0) is 29.7. The van der Waals surface area contributed by atoms with Crippen molar-refractivity contribution in [2.24, 2.45) is 35.0 Å². The highest BCUT2D eigenvalue weighted by atomic mass is 35.5. The van der Waals surface area contributed by atoms with Crippen molar-refractivity contribution in [3.63, 3.8) is 0 Å². The first-order valence-corrected chi connectivity index (χ1v) is 14.5. The molecule has 3 fully saturated rings. The Labute approximate surface area is 246 Å². The summed E-state index contributed by atoms with van der Waals surface area (Å²) in [7, 11) is 0. The number of aromatic hydroxyl groups is 1. The quantitative estimate of drug-likeness (QED) is 0.407. The highest BCUT2D eigenvalue weighted by molar-refractivity contribution is 6.31. The molecule has 4 amide bonds. The number of amides is 4. The fourth-order valence-corrected chi connectivity index (χ4v) is 8.27. The second kappa shape index (κ2) is 9.26. The third kappa shape index (κ3) is 3.52. The van der Waals surface area contributed by atoms with E-state index in [0.717, 1.165) is 27.7 Å². The van der Waals surface area contributed by atoms with Crippen molar-refractivity contribution in [2.75, 3.05) is 11.4 Å². The van der Waals surface area contributed by atoms with Crippen LogP contribution in [-0.2, 0) is 25.6 Å². The maximum Gasteiger partial charge on any atom is 0.241 e. The summed E-state index contributed by atoms with van der Waals surface area (Å²) >= 11 is 6.05. The number of nitrogens with zero attached hydrogens (tertiary/aromatic N) is 2. The van der Waals surface area contributed by atoms with Crippen molar-refractivity contribution in [2.45, 2.75) is 33.1 Å². The van der Waals surface area contributed by atoms with Gasteiger partial charge in [-0.05, 0) is 74.6 Å². The van der Waals surface area contributed by atoms with E-state index in [0.29, 0.717) is 18.6 Å². The van der Waals surface area contributed by atoms with Crippen LogP contribution in [0.2, 0.25) is 5.02 Å². The number of carbonyl (C=O) groups excluding carboxylic acids is 4. The number of rotatable bonds is 3. The molecular formula is C32H28ClFN2O6. The second-order valence-corrected chi connectivity index (χ2v) is 12.4. The number of hydrogen-bond acceptors (Lipinski definition) is 6. The van der Waals surface area contributed by atoms with Gasteiger partial charge in [0.2, 0.25) is 23.6 Å². The van der Waals surface area contributed by atoms with Crippen molar-refractivity contribution in [3.8, 4) is 11.5 Å². The van der Waals surface area contributed by atoms with E-state index in [1.54, 1.807) is 32.2 Å². The number of likely N-dealkylation sites (tertiary alicyclic amines) is 1. The van der Waals surface area contributed by atoms with Crippen molar-refractivity contribution >= 4 is 40.9 Å². The number of phenols is 1. The van der Waals surface area contributed by atoms with E-state index in [4.69, 9.17) is 16.3 Å². The van der Waals surface area contributed by atoms with Gasteiger partial charge in [0, 0.05) is 24.4 Å². The average Bonchev–Trinajstić information content (AvgIpc) is 3.33. The molecule has 6 unspecified atom stereocenters. The molecule has 42 heavy (non-hydrogen) atoms. The average molecular weight is 591 g/mol. The number of benzene rings is 2. The number of ether oxygens (including phenoxy) is 1. The Morgan fingerprint density at radius 1 is 1.07 bits per heavy atom. The van der Waals surface area contributed by atoms with Gasteiger partial charge in [0.1, 0.15) is 17.3 Å². The molecule has 5 aliphatic rings. The van der Waals surface area contributed by atoms with Gasteiger partial charge in [0.05, 0.1) is 40.1 Å². The highest BCUT2D eigenvalue weighted by Gasteiger charge is 2.68. The largest absolute Gasteiger partial charge is 0.508 e. The highest BCUT2D eigenvalue weighted by Crippen LogP contribution is 2.62. The molecule has 8 nitrogen and oxygen atoms in total. The third-order valence-electron chi connectivity index (χ3n) is 9.99. The number of anilines is 1. The monoisotopic (exact) mass is 590 g/mol. The van der Waals surface area contributed by atoms with E-state index in [1.807, 2.05) is 6.08 Å². The van der Waals surface area contributed by atoms with Crippen molar-refractivity contribution < 1.29 is 33.4 Å². The van der Waals surface area contributed by atoms with Crippen LogP contribution in [0.5, 0.6) is 11.5 Å². The van der Waals surface area contributed by atoms with Crippen molar-refractivity contribution in [1.82, 2.24) is 4.90 Å². The van der Waals surface area contributed by atoms with Gasteiger partial charge in [0.25, 0.3) is 0 Å². The summed E-state index contributed by atoms with van der Waals surface area (Å²) in [5, 5.41) is 9.94. The lowest BCUT2D eigenvalue weighted by molar-refractivity contribution is -0.140. The molecule has 3 heterocycles.